The number of rotatable bonds is 6. The molecule has 1 unspecified atom stereocenters. The normalized spacial score (nSPS) is 26.5. The Hall–Kier alpha value is -0.0800. The number of likely N-dealkylation sites (N-methyl/N-ethyl adjacent to an activating group) is 1. The summed E-state index contributed by atoms with van der Waals surface area (Å²) in [5.74, 6) is 0. The van der Waals surface area contributed by atoms with Crippen LogP contribution in [0, 0.1) is 5.41 Å². The Balaban J connectivity index is 1.78. The highest BCUT2D eigenvalue weighted by atomic mass is 15.2. The fourth-order valence-corrected chi connectivity index (χ4v) is 3.26. The molecule has 1 atom stereocenters. The lowest BCUT2D eigenvalue weighted by molar-refractivity contribution is 0.0916. The lowest BCUT2D eigenvalue weighted by Gasteiger charge is -2.41. The van der Waals surface area contributed by atoms with Gasteiger partial charge in [0, 0.05) is 24.7 Å². The third-order valence-electron chi connectivity index (χ3n) is 5.15. The SMILES string of the molecule is CCC(CNC1CC1)N(C)C1CCC(C)(C)CC1. The zero-order chi connectivity index (χ0) is 13.2. The number of nitrogens with zero attached hydrogens (tertiary/aromatic N) is 1. The van der Waals surface area contributed by atoms with E-state index in [2.05, 4.69) is 38.0 Å². The van der Waals surface area contributed by atoms with Gasteiger partial charge in [0.15, 0.2) is 0 Å². The second kappa shape index (κ2) is 5.92. The van der Waals surface area contributed by atoms with Gasteiger partial charge in [0.05, 0.1) is 0 Å². The van der Waals surface area contributed by atoms with Crippen molar-refractivity contribution in [3.8, 4) is 0 Å². The van der Waals surface area contributed by atoms with Gasteiger partial charge in [-0.2, -0.15) is 0 Å². The summed E-state index contributed by atoms with van der Waals surface area (Å²) in [6, 6.07) is 2.40. The molecular weight excluding hydrogens is 220 g/mol. The molecule has 2 rings (SSSR count). The smallest absolute Gasteiger partial charge is 0.0218 e. The van der Waals surface area contributed by atoms with Crippen LogP contribution in [0.15, 0.2) is 0 Å². The van der Waals surface area contributed by atoms with Gasteiger partial charge in [-0.05, 0) is 57.4 Å². The van der Waals surface area contributed by atoms with Crippen LogP contribution in [0.3, 0.4) is 0 Å². The molecule has 2 aliphatic carbocycles. The highest BCUT2D eigenvalue weighted by molar-refractivity contribution is 4.88. The molecular formula is C16H32N2. The van der Waals surface area contributed by atoms with Crippen LogP contribution in [0.5, 0.6) is 0 Å². The summed E-state index contributed by atoms with van der Waals surface area (Å²) < 4.78 is 0. The van der Waals surface area contributed by atoms with Crippen molar-refractivity contribution in [2.45, 2.75) is 83.8 Å². The first-order valence-electron chi connectivity index (χ1n) is 7.97. The summed E-state index contributed by atoms with van der Waals surface area (Å²) in [6.07, 6.45) is 9.65. The van der Waals surface area contributed by atoms with Gasteiger partial charge in [0.25, 0.3) is 0 Å². The summed E-state index contributed by atoms with van der Waals surface area (Å²) in [5, 5.41) is 3.70. The van der Waals surface area contributed by atoms with E-state index in [9.17, 15) is 0 Å². The lowest BCUT2D eigenvalue weighted by Crippen LogP contribution is -2.47. The van der Waals surface area contributed by atoms with E-state index in [0.717, 1.165) is 18.1 Å². The van der Waals surface area contributed by atoms with Crippen molar-refractivity contribution in [1.29, 1.82) is 0 Å². The third kappa shape index (κ3) is 3.96. The second-order valence-corrected chi connectivity index (χ2v) is 7.31. The summed E-state index contributed by atoms with van der Waals surface area (Å²) in [7, 11) is 2.35. The van der Waals surface area contributed by atoms with Crippen LogP contribution in [-0.2, 0) is 0 Å². The van der Waals surface area contributed by atoms with Crippen LogP contribution in [-0.4, -0.2) is 36.6 Å². The minimum atomic E-state index is 0.589. The average Bonchev–Trinajstić information content (AvgIpc) is 3.13. The Labute approximate surface area is 114 Å². The van der Waals surface area contributed by atoms with E-state index in [4.69, 9.17) is 0 Å². The molecule has 0 aromatic heterocycles. The Morgan fingerprint density at radius 2 is 1.78 bits per heavy atom. The van der Waals surface area contributed by atoms with Gasteiger partial charge in [0.2, 0.25) is 0 Å². The molecule has 18 heavy (non-hydrogen) atoms. The molecule has 0 saturated heterocycles. The van der Waals surface area contributed by atoms with Crippen LogP contribution < -0.4 is 5.32 Å². The number of hydrogen-bond donors (Lipinski definition) is 1. The van der Waals surface area contributed by atoms with Gasteiger partial charge in [0.1, 0.15) is 0 Å². The summed E-state index contributed by atoms with van der Waals surface area (Å²) in [4.78, 5) is 2.67. The van der Waals surface area contributed by atoms with Gasteiger partial charge in [-0.3, -0.25) is 4.90 Å². The van der Waals surface area contributed by atoms with E-state index in [-0.39, 0.29) is 0 Å². The monoisotopic (exact) mass is 252 g/mol. The summed E-state index contributed by atoms with van der Waals surface area (Å²) in [5.41, 5.74) is 0.589. The first-order chi connectivity index (χ1) is 8.52. The van der Waals surface area contributed by atoms with E-state index >= 15 is 0 Å². The third-order valence-corrected chi connectivity index (χ3v) is 5.15. The van der Waals surface area contributed by atoms with E-state index < -0.39 is 0 Å². The largest absolute Gasteiger partial charge is 0.312 e. The topological polar surface area (TPSA) is 15.3 Å². The van der Waals surface area contributed by atoms with Crippen LogP contribution in [0.25, 0.3) is 0 Å². The van der Waals surface area contributed by atoms with Crippen molar-refractivity contribution in [2.75, 3.05) is 13.6 Å². The van der Waals surface area contributed by atoms with Crippen molar-refractivity contribution in [2.24, 2.45) is 5.41 Å². The molecule has 1 N–H and O–H groups in total. The van der Waals surface area contributed by atoms with Gasteiger partial charge in [-0.15, -0.1) is 0 Å². The fourth-order valence-electron chi connectivity index (χ4n) is 3.26. The molecule has 2 saturated carbocycles. The molecule has 2 fully saturated rings. The zero-order valence-corrected chi connectivity index (χ0v) is 12.8. The molecule has 0 amide bonds. The molecule has 0 aromatic carbocycles. The first kappa shape index (κ1) is 14.3. The van der Waals surface area contributed by atoms with Crippen molar-refractivity contribution < 1.29 is 0 Å². The average molecular weight is 252 g/mol. The molecule has 2 heteroatoms. The molecule has 2 nitrogen and oxygen atoms in total. The van der Waals surface area contributed by atoms with Gasteiger partial charge < -0.3 is 5.32 Å². The highest BCUT2D eigenvalue weighted by Gasteiger charge is 2.31. The number of nitrogens with one attached hydrogen (secondary N) is 1. The van der Waals surface area contributed by atoms with Crippen molar-refractivity contribution in [3.63, 3.8) is 0 Å². The molecule has 0 bridgehead atoms. The fraction of sp³-hybridized carbons (Fsp3) is 1.00. The Morgan fingerprint density at radius 1 is 1.17 bits per heavy atom. The van der Waals surface area contributed by atoms with Crippen LogP contribution >= 0.6 is 0 Å². The van der Waals surface area contributed by atoms with E-state index in [1.54, 1.807) is 0 Å². The predicted molar refractivity (Wildman–Crippen MR) is 78.9 cm³/mol. The van der Waals surface area contributed by atoms with Crippen LogP contribution in [0.2, 0.25) is 0 Å². The summed E-state index contributed by atoms with van der Waals surface area (Å²) >= 11 is 0. The molecule has 0 aromatic rings. The van der Waals surface area contributed by atoms with E-state index in [1.165, 1.54) is 51.5 Å². The van der Waals surface area contributed by atoms with Gasteiger partial charge in [-0.25, -0.2) is 0 Å². The second-order valence-electron chi connectivity index (χ2n) is 7.31. The molecule has 0 aliphatic heterocycles. The molecule has 106 valence electrons. The molecule has 0 spiro atoms. The maximum atomic E-state index is 3.70. The predicted octanol–water partition coefficient (Wildman–Crippen LogP) is 3.42. The van der Waals surface area contributed by atoms with Crippen molar-refractivity contribution >= 4 is 0 Å². The van der Waals surface area contributed by atoms with Crippen molar-refractivity contribution in [1.82, 2.24) is 10.2 Å². The van der Waals surface area contributed by atoms with Gasteiger partial charge >= 0.3 is 0 Å². The van der Waals surface area contributed by atoms with Crippen LogP contribution in [0.1, 0.15) is 65.7 Å². The van der Waals surface area contributed by atoms with E-state index in [0.29, 0.717) is 5.41 Å². The Bertz CT molecular complexity index is 243. The Morgan fingerprint density at radius 3 is 2.28 bits per heavy atom. The standard InChI is InChI=1S/C16H32N2/c1-5-14(12-17-13-6-7-13)18(4)15-8-10-16(2,3)11-9-15/h13-15,17H,5-12H2,1-4H3. The molecule has 2 aliphatic rings. The van der Waals surface area contributed by atoms with Crippen molar-refractivity contribution in [3.05, 3.63) is 0 Å². The minimum Gasteiger partial charge on any atom is -0.312 e. The number of hydrogen-bond acceptors (Lipinski definition) is 2. The summed E-state index contributed by atoms with van der Waals surface area (Å²) in [6.45, 7) is 8.38. The minimum absolute atomic E-state index is 0.589. The van der Waals surface area contributed by atoms with Crippen LogP contribution in [0.4, 0.5) is 0 Å². The quantitative estimate of drug-likeness (QED) is 0.779. The maximum Gasteiger partial charge on any atom is 0.0218 e. The van der Waals surface area contributed by atoms with Gasteiger partial charge in [-0.1, -0.05) is 20.8 Å². The first-order valence-corrected chi connectivity index (χ1v) is 7.97. The molecule has 0 heterocycles. The highest BCUT2D eigenvalue weighted by Crippen LogP contribution is 2.37. The van der Waals surface area contributed by atoms with E-state index in [1.807, 2.05) is 0 Å². The Kier molecular flexibility index (Phi) is 4.71. The molecule has 0 radical (unpaired) electrons. The maximum absolute atomic E-state index is 3.70. The zero-order valence-electron chi connectivity index (χ0n) is 12.8. The lowest BCUT2D eigenvalue weighted by atomic mass is 9.75.